The molecule has 0 fully saturated rings. The Labute approximate surface area is 171 Å². The lowest BCUT2D eigenvalue weighted by molar-refractivity contribution is 0.0939. The van der Waals surface area contributed by atoms with Crippen LogP contribution in [0.25, 0.3) is 0 Å². The van der Waals surface area contributed by atoms with Crippen LogP contribution in [0.2, 0.25) is 0 Å². The zero-order chi connectivity index (χ0) is 21.0. The quantitative estimate of drug-likeness (QED) is 0.702. The third-order valence-electron chi connectivity index (χ3n) is 4.53. The molecule has 1 amide bonds. The molecule has 1 atom stereocenters. The number of hydrogen-bond donors (Lipinski definition) is 1. The molecule has 8 heteroatoms. The van der Waals surface area contributed by atoms with Gasteiger partial charge in [0.15, 0.2) is 11.5 Å². The number of anilines is 1. The van der Waals surface area contributed by atoms with Crippen LogP contribution in [-0.4, -0.2) is 40.3 Å². The minimum Gasteiger partial charge on any atom is -0.486 e. The molecule has 154 valence electrons. The summed E-state index contributed by atoms with van der Waals surface area (Å²) in [5, 5.41) is 2.94. The van der Waals surface area contributed by atoms with Gasteiger partial charge in [-0.25, -0.2) is 8.42 Å². The topological polar surface area (TPSA) is 84.9 Å². The lowest BCUT2D eigenvalue weighted by Gasteiger charge is -2.22. The molecule has 1 aliphatic rings. The predicted octanol–water partition coefficient (Wildman–Crippen LogP) is 2.90. The molecule has 2 aromatic carbocycles. The number of ether oxygens (including phenoxy) is 2. The normalized spacial score (nSPS) is 14.0. The number of nitrogens with one attached hydrogen (secondary N) is 1. The summed E-state index contributed by atoms with van der Waals surface area (Å²) in [4.78, 5) is 12.6. The summed E-state index contributed by atoms with van der Waals surface area (Å²) in [5.74, 6) is 1.11. The molecule has 29 heavy (non-hydrogen) atoms. The Kier molecular flexibility index (Phi) is 6.12. The van der Waals surface area contributed by atoms with E-state index >= 15 is 0 Å². The van der Waals surface area contributed by atoms with Gasteiger partial charge in [-0.1, -0.05) is 12.1 Å². The van der Waals surface area contributed by atoms with Crippen LogP contribution in [-0.2, 0) is 10.0 Å². The van der Waals surface area contributed by atoms with Crippen molar-refractivity contribution in [1.82, 2.24) is 5.32 Å². The van der Waals surface area contributed by atoms with E-state index in [9.17, 15) is 13.2 Å². The van der Waals surface area contributed by atoms with Gasteiger partial charge in [-0.3, -0.25) is 9.10 Å². The summed E-state index contributed by atoms with van der Waals surface area (Å²) in [6, 6.07) is 11.8. The van der Waals surface area contributed by atoms with Crippen molar-refractivity contribution in [1.29, 1.82) is 0 Å². The van der Waals surface area contributed by atoms with E-state index in [1.807, 2.05) is 25.1 Å². The molecule has 1 N–H and O–H groups in total. The number of benzene rings is 2. The van der Waals surface area contributed by atoms with E-state index in [-0.39, 0.29) is 18.5 Å². The van der Waals surface area contributed by atoms with Crippen LogP contribution in [0.15, 0.2) is 55.1 Å². The summed E-state index contributed by atoms with van der Waals surface area (Å²) >= 11 is 0. The van der Waals surface area contributed by atoms with Gasteiger partial charge in [0.05, 0.1) is 24.5 Å². The summed E-state index contributed by atoms with van der Waals surface area (Å²) in [6.45, 7) is 6.65. The maximum absolute atomic E-state index is 12.6. The molecule has 0 radical (unpaired) electrons. The van der Waals surface area contributed by atoms with Crippen LogP contribution in [0.5, 0.6) is 11.5 Å². The highest BCUT2D eigenvalue weighted by molar-refractivity contribution is 7.92. The number of sulfonamides is 1. The van der Waals surface area contributed by atoms with Gasteiger partial charge in [0.1, 0.15) is 13.2 Å². The minimum atomic E-state index is -3.44. The Balaban J connectivity index is 1.71. The largest absolute Gasteiger partial charge is 0.486 e. The number of rotatable bonds is 7. The number of fused-ring (bicyclic) bond motifs is 1. The van der Waals surface area contributed by atoms with E-state index in [0.717, 1.165) is 11.8 Å². The third kappa shape index (κ3) is 4.89. The number of carbonyl (C=O) groups excluding carboxylic acids is 1. The molecular formula is C21H24N2O5S. The van der Waals surface area contributed by atoms with Gasteiger partial charge >= 0.3 is 0 Å². The van der Waals surface area contributed by atoms with E-state index in [2.05, 4.69) is 11.9 Å². The highest BCUT2D eigenvalue weighted by Crippen LogP contribution is 2.32. The molecule has 7 nitrogen and oxygen atoms in total. The van der Waals surface area contributed by atoms with E-state index < -0.39 is 10.0 Å². The van der Waals surface area contributed by atoms with Crippen molar-refractivity contribution in [2.45, 2.75) is 13.0 Å². The second-order valence-electron chi connectivity index (χ2n) is 6.73. The van der Waals surface area contributed by atoms with Crippen LogP contribution in [0, 0.1) is 0 Å². The lowest BCUT2D eigenvalue weighted by Crippen LogP contribution is -2.30. The average molecular weight is 416 g/mol. The molecule has 2 aromatic rings. The zero-order valence-electron chi connectivity index (χ0n) is 16.4. The van der Waals surface area contributed by atoms with Crippen LogP contribution in [0.1, 0.15) is 28.9 Å². The fourth-order valence-electron chi connectivity index (χ4n) is 3.02. The second kappa shape index (κ2) is 8.57. The molecule has 0 bridgehead atoms. The summed E-state index contributed by atoms with van der Waals surface area (Å²) < 4.78 is 36.2. The molecule has 0 aromatic heterocycles. The van der Waals surface area contributed by atoms with E-state index in [1.165, 1.54) is 10.4 Å². The minimum absolute atomic E-state index is 0.158. The fourth-order valence-corrected chi connectivity index (χ4v) is 3.90. The molecule has 0 saturated heterocycles. The highest BCUT2D eigenvalue weighted by atomic mass is 32.2. The summed E-state index contributed by atoms with van der Waals surface area (Å²) in [7, 11) is -3.44. The van der Waals surface area contributed by atoms with Crippen molar-refractivity contribution in [3.63, 3.8) is 0 Å². The first-order chi connectivity index (χ1) is 13.8. The predicted molar refractivity (Wildman–Crippen MR) is 112 cm³/mol. The Hall–Kier alpha value is -3.00. The maximum atomic E-state index is 12.6. The van der Waals surface area contributed by atoms with E-state index in [4.69, 9.17) is 9.47 Å². The molecule has 0 aliphatic carbocycles. The molecule has 1 aliphatic heterocycles. The van der Waals surface area contributed by atoms with Crippen molar-refractivity contribution in [3.8, 4) is 11.5 Å². The van der Waals surface area contributed by atoms with Crippen LogP contribution >= 0.6 is 0 Å². The van der Waals surface area contributed by atoms with Gasteiger partial charge in [0.2, 0.25) is 10.0 Å². The first kappa shape index (κ1) is 20.7. The van der Waals surface area contributed by atoms with Crippen molar-refractivity contribution in [2.75, 3.05) is 30.3 Å². The molecule has 0 unspecified atom stereocenters. The number of nitrogens with zero attached hydrogens (tertiary/aromatic N) is 1. The summed E-state index contributed by atoms with van der Waals surface area (Å²) in [6.07, 6.45) is 2.64. The van der Waals surface area contributed by atoms with Gasteiger partial charge in [-0.05, 0) is 48.9 Å². The molecule has 1 heterocycles. The fraction of sp³-hybridized carbons (Fsp3) is 0.286. The van der Waals surface area contributed by atoms with Gasteiger partial charge in [0, 0.05) is 5.56 Å². The monoisotopic (exact) mass is 416 g/mol. The number of carbonyl (C=O) groups is 1. The molecule has 0 saturated carbocycles. The number of hydrogen-bond acceptors (Lipinski definition) is 5. The van der Waals surface area contributed by atoms with E-state index in [0.29, 0.717) is 36.0 Å². The van der Waals surface area contributed by atoms with Gasteiger partial charge in [-0.2, -0.15) is 0 Å². The third-order valence-corrected chi connectivity index (χ3v) is 5.69. The lowest BCUT2D eigenvalue weighted by atomic mass is 10.1. The van der Waals surface area contributed by atoms with Gasteiger partial charge in [-0.15, -0.1) is 6.58 Å². The van der Waals surface area contributed by atoms with Crippen LogP contribution in [0.4, 0.5) is 5.69 Å². The SMILES string of the molecule is C=CCN(c1ccc(C(=O)N[C@H](C)c2ccc3c(c2)OCCO3)cc1)S(C)(=O)=O. The number of amides is 1. The maximum Gasteiger partial charge on any atom is 0.251 e. The molecule has 3 rings (SSSR count). The Morgan fingerprint density at radius 2 is 1.83 bits per heavy atom. The van der Waals surface area contributed by atoms with Gasteiger partial charge in [0.25, 0.3) is 5.91 Å². The van der Waals surface area contributed by atoms with E-state index in [1.54, 1.807) is 24.3 Å². The molecule has 0 spiro atoms. The van der Waals surface area contributed by atoms with Crippen molar-refractivity contribution >= 4 is 21.6 Å². The van der Waals surface area contributed by atoms with Gasteiger partial charge < -0.3 is 14.8 Å². The Bertz CT molecular complexity index is 1000. The Morgan fingerprint density at radius 1 is 1.17 bits per heavy atom. The smallest absolute Gasteiger partial charge is 0.251 e. The van der Waals surface area contributed by atoms with Crippen molar-refractivity contribution in [2.24, 2.45) is 0 Å². The average Bonchev–Trinajstić information content (AvgIpc) is 2.71. The first-order valence-corrected chi connectivity index (χ1v) is 11.0. The van der Waals surface area contributed by atoms with Crippen LogP contribution in [0.3, 0.4) is 0 Å². The van der Waals surface area contributed by atoms with Crippen molar-refractivity contribution in [3.05, 3.63) is 66.2 Å². The second-order valence-corrected chi connectivity index (χ2v) is 8.63. The standard InChI is InChI=1S/C21H24N2O5S/c1-4-11-23(29(3,25)26)18-8-5-16(6-9-18)21(24)22-15(2)17-7-10-19-20(14-17)28-13-12-27-19/h4-10,14-15H,1,11-13H2,2-3H3,(H,22,24)/t15-/m1/s1. The Morgan fingerprint density at radius 3 is 2.45 bits per heavy atom. The molecular weight excluding hydrogens is 392 g/mol. The zero-order valence-corrected chi connectivity index (χ0v) is 17.2. The highest BCUT2D eigenvalue weighted by Gasteiger charge is 2.18. The first-order valence-electron chi connectivity index (χ1n) is 9.18. The summed E-state index contributed by atoms with van der Waals surface area (Å²) in [5.41, 5.74) is 1.81. The van der Waals surface area contributed by atoms with Crippen molar-refractivity contribution < 1.29 is 22.7 Å². The van der Waals surface area contributed by atoms with Crippen LogP contribution < -0.4 is 19.1 Å².